The second-order valence-electron chi connectivity index (χ2n) is 8.39. The van der Waals surface area contributed by atoms with Gasteiger partial charge < -0.3 is 19.5 Å². The zero-order valence-corrected chi connectivity index (χ0v) is 23.1. The standard InChI is InChI=1S/C27H31ClN2O6S/c1-18-6-10-24(35-4)26(14-18)37(32,33)30(21-9-7-19(2)22(28)16-21)17-27(31)29-13-12-20-8-11-23(34-3)25(15-20)36-5/h6-11,14-16H,12-13,17H2,1-5H3,(H,29,31). The van der Waals surface area contributed by atoms with E-state index in [9.17, 15) is 13.2 Å². The molecule has 1 amide bonds. The molecule has 10 heteroatoms. The smallest absolute Gasteiger partial charge is 0.268 e. The molecular weight excluding hydrogens is 516 g/mol. The average molecular weight is 547 g/mol. The Morgan fingerprint density at radius 2 is 1.57 bits per heavy atom. The van der Waals surface area contributed by atoms with E-state index in [2.05, 4.69) is 5.32 Å². The number of benzene rings is 3. The number of amides is 1. The lowest BCUT2D eigenvalue weighted by atomic mass is 10.1. The molecule has 0 bridgehead atoms. The van der Waals surface area contributed by atoms with Crippen LogP contribution < -0.4 is 23.8 Å². The molecule has 0 saturated heterocycles. The Labute approximate surface area is 223 Å². The Balaban J connectivity index is 1.85. The summed E-state index contributed by atoms with van der Waals surface area (Å²) >= 11 is 6.31. The molecule has 0 aromatic heterocycles. The topological polar surface area (TPSA) is 94.2 Å². The van der Waals surface area contributed by atoms with Crippen LogP contribution in [0.25, 0.3) is 0 Å². The normalized spacial score (nSPS) is 11.1. The van der Waals surface area contributed by atoms with Gasteiger partial charge in [0.25, 0.3) is 10.0 Å². The lowest BCUT2D eigenvalue weighted by molar-refractivity contribution is -0.119. The van der Waals surface area contributed by atoms with E-state index in [4.69, 9.17) is 25.8 Å². The van der Waals surface area contributed by atoms with E-state index in [0.29, 0.717) is 29.5 Å². The van der Waals surface area contributed by atoms with Crippen molar-refractivity contribution in [3.8, 4) is 17.2 Å². The van der Waals surface area contributed by atoms with Gasteiger partial charge in [-0.15, -0.1) is 0 Å². The number of carbonyl (C=O) groups excluding carboxylic acids is 1. The number of methoxy groups -OCH3 is 3. The predicted octanol–water partition coefficient (Wildman–Crippen LogP) is 4.54. The molecular formula is C27H31ClN2O6S. The maximum absolute atomic E-state index is 13.8. The molecule has 0 unspecified atom stereocenters. The molecule has 8 nitrogen and oxygen atoms in total. The number of ether oxygens (including phenoxy) is 3. The molecule has 198 valence electrons. The Kier molecular flexibility index (Phi) is 9.29. The second kappa shape index (κ2) is 12.2. The van der Waals surface area contributed by atoms with Gasteiger partial charge in [0.2, 0.25) is 5.91 Å². The van der Waals surface area contributed by atoms with E-state index < -0.39 is 22.5 Å². The predicted molar refractivity (Wildman–Crippen MR) is 145 cm³/mol. The van der Waals surface area contributed by atoms with Crippen molar-refractivity contribution in [2.24, 2.45) is 0 Å². The molecule has 0 radical (unpaired) electrons. The number of carbonyl (C=O) groups is 1. The van der Waals surface area contributed by atoms with Crippen molar-refractivity contribution in [1.82, 2.24) is 5.32 Å². The van der Waals surface area contributed by atoms with E-state index in [0.717, 1.165) is 21.0 Å². The van der Waals surface area contributed by atoms with Gasteiger partial charge in [-0.1, -0.05) is 29.8 Å². The van der Waals surface area contributed by atoms with Crippen molar-refractivity contribution >= 4 is 33.2 Å². The molecule has 0 atom stereocenters. The molecule has 0 fully saturated rings. The Hall–Kier alpha value is -3.43. The third kappa shape index (κ3) is 6.67. The highest BCUT2D eigenvalue weighted by Crippen LogP contribution is 2.32. The highest BCUT2D eigenvalue weighted by atomic mass is 35.5. The summed E-state index contributed by atoms with van der Waals surface area (Å²) in [6, 6.07) is 15.2. The van der Waals surface area contributed by atoms with Crippen molar-refractivity contribution in [2.75, 3.05) is 38.7 Å². The van der Waals surface area contributed by atoms with Crippen molar-refractivity contribution in [3.05, 3.63) is 76.3 Å². The van der Waals surface area contributed by atoms with Gasteiger partial charge in [-0.3, -0.25) is 9.10 Å². The summed E-state index contributed by atoms with van der Waals surface area (Å²) in [6.45, 7) is 3.46. The molecule has 0 saturated carbocycles. The quantitative estimate of drug-likeness (QED) is 0.379. The van der Waals surface area contributed by atoms with Gasteiger partial charge in [-0.25, -0.2) is 8.42 Å². The molecule has 37 heavy (non-hydrogen) atoms. The molecule has 0 heterocycles. The highest BCUT2D eigenvalue weighted by molar-refractivity contribution is 7.93. The number of hydrogen-bond acceptors (Lipinski definition) is 6. The number of halogens is 1. The van der Waals surface area contributed by atoms with Gasteiger partial charge in [-0.2, -0.15) is 0 Å². The Morgan fingerprint density at radius 3 is 2.22 bits per heavy atom. The number of nitrogens with one attached hydrogen (secondary N) is 1. The zero-order valence-electron chi connectivity index (χ0n) is 21.5. The third-order valence-electron chi connectivity index (χ3n) is 5.80. The van der Waals surface area contributed by atoms with E-state index in [-0.39, 0.29) is 16.3 Å². The van der Waals surface area contributed by atoms with Gasteiger partial charge in [-0.05, 0) is 73.4 Å². The summed E-state index contributed by atoms with van der Waals surface area (Å²) in [5, 5.41) is 3.20. The largest absolute Gasteiger partial charge is 0.495 e. The number of aryl methyl sites for hydroxylation is 2. The molecule has 0 aliphatic heterocycles. The second-order valence-corrected chi connectivity index (χ2v) is 10.6. The molecule has 3 aromatic carbocycles. The SMILES string of the molecule is COc1ccc(CCNC(=O)CN(c2ccc(C)c(Cl)c2)S(=O)(=O)c2cc(C)ccc2OC)cc1OC. The minimum absolute atomic E-state index is 0.0372. The lowest BCUT2D eigenvalue weighted by Crippen LogP contribution is -2.41. The van der Waals surface area contributed by atoms with Crippen LogP contribution in [0, 0.1) is 13.8 Å². The van der Waals surface area contributed by atoms with E-state index >= 15 is 0 Å². The van der Waals surface area contributed by atoms with Crippen LogP contribution in [0.5, 0.6) is 17.2 Å². The fourth-order valence-electron chi connectivity index (χ4n) is 3.72. The van der Waals surface area contributed by atoms with Crippen LogP contribution in [0.3, 0.4) is 0 Å². The lowest BCUT2D eigenvalue weighted by Gasteiger charge is -2.25. The number of hydrogen-bond donors (Lipinski definition) is 1. The first-order chi connectivity index (χ1) is 17.6. The fraction of sp³-hybridized carbons (Fsp3) is 0.296. The van der Waals surface area contributed by atoms with Crippen molar-refractivity contribution in [3.63, 3.8) is 0 Å². The van der Waals surface area contributed by atoms with Gasteiger partial charge in [0, 0.05) is 11.6 Å². The first-order valence-corrected chi connectivity index (χ1v) is 13.3. The Bertz CT molecular complexity index is 1380. The molecule has 3 rings (SSSR count). The van der Waals surface area contributed by atoms with Crippen LogP contribution in [0.4, 0.5) is 5.69 Å². The molecule has 0 aliphatic rings. The van der Waals surface area contributed by atoms with Gasteiger partial charge in [0.1, 0.15) is 17.2 Å². The van der Waals surface area contributed by atoms with Crippen LogP contribution in [-0.4, -0.2) is 48.7 Å². The summed E-state index contributed by atoms with van der Waals surface area (Å²) in [4.78, 5) is 12.9. The van der Waals surface area contributed by atoms with Crippen molar-refractivity contribution < 1.29 is 27.4 Å². The molecule has 0 spiro atoms. The summed E-state index contributed by atoms with van der Waals surface area (Å²) in [5.74, 6) is 0.918. The number of sulfonamides is 1. The maximum Gasteiger partial charge on any atom is 0.268 e. The zero-order chi connectivity index (χ0) is 27.2. The summed E-state index contributed by atoms with van der Waals surface area (Å²) in [5.41, 5.74) is 2.72. The monoisotopic (exact) mass is 546 g/mol. The fourth-order valence-corrected chi connectivity index (χ4v) is 5.56. The van der Waals surface area contributed by atoms with Gasteiger partial charge >= 0.3 is 0 Å². The Morgan fingerprint density at radius 1 is 0.892 bits per heavy atom. The van der Waals surface area contributed by atoms with Crippen LogP contribution >= 0.6 is 11.6 Å². The van der Waals surface area contributed by atoms with E-state index in [1.165, 1.54) is 19.2 Å². The van der Waals surface area contributed by atoms with E-state index in [1.54, 1.807) is 51.5 Å². The van der Waals surface area contributed by atoms with Crippen LogP contribution in [0.15, 0.2) is 59.5 Å². The van der Waals surface area contributed by atoms with Gasteiger partial charge in [0.05, 0.1) is 27.0 Å². The summed E-state index contributed by atoms with van der Waals surface area (Å²) < 4.78 is 44.6. The minimum atomic E-state index is -4.18. The first kappa shape index (κ1) is 28.1. The first-order valence-electron chi connectivity index (χ1n) is 11.5. The van der Waals surface area contributed by atoms with E-state index in [1.807, 2.05) is 19.1 Å². The molecule has 0 aliphatic carbocycles. The minimum Gasteiger partial charge on any atom is -0.495 e. The number of anilines is 1. The average Bonchev–Trinajstić information content (AvgIpc) is 2.88. The van der Waals surface area contributed by atoms with Gasteiger partial charge in [0.15, 0.2) is 11.5 Å². The highest BCUT2D eigenvalue weighted by Gasteiger charge is 2.30. The number of nitrogens with zero attached hydrogens (tertiary/aromatic N) is 1. The molecule has 1 N–H and O–H groups in total. The van der Waals surface area contributed by atoms with Crippen LogP contribution in [0.1, 0.15) is 16.7 Å². The summed E-state index contributed by atoms with van der Waals surface area (Å²) in [7, 11) is 0.336. The maximum atomic E-state index is 13.8. The third-order valence-corrected chi connectivity index (χ3v) is 8.00. The molecule has 3 aromatic rings. The van der Waals surface area contributed by atoms with Crippen LogP contribution in [0.2, 0.25) is 5.02 Å². The van der Waals surface area contributed by atoms with Crippen molar-refractivity contribution in [1.29, 1.82) is 0 Å². The number of rotatable bonds is 11. The summed E-state index contributed by atoms with van der Waals surface area (Å²) in [6.07, 6.45) is 0.515. The van der Waals surface area contributed by atoms with Crippen molar-refractivity contribution in [2.45, 2.75) is 25.2 Å². The van der Waals surface area contributed by atoms with Crippen LogP contribution in [-0.2, 0) is 21.2 Å².